The van der Waals surface area contributed by atoms with Gasteiger partial charge in [0.2, 0.25) is 0 Å². The molecule has 1 N–H and O–H groups in total. The van der Waals surface area contributed by atoms with Crippen molar-refractivity contribution in [1.29, 1.82) is 0 Å². The third kappa shape index (κ3) is 4.01. The first-order valence-corrected chi connectivity index (χ1v) is 5.46. The van der Waals surface area contributed by atoms with E-state index in [0.717, 1.165) is 18.8 Å². The molecular formula is C11H21N3O. The Kier molecular flexibility index (Phi) is 4.78. The number of nitrogens with zero attached hydrogens (tertiary/aromatic N) is 3. The maximum atomic E-state index is 9.79. The first-order chi connectivity index (χ1) is 7.13. The standard InChI is InChI=1S/C11H21N3O/c1-4-6-14-7-5-12-11(14)8-10(15)9-13(2)3/h5,7,10,15H,4,6,8-9H2,1-3H3. The number of aliphatic hydroxyl groups excluding tert-OH is 1. The fourth-order valence-electron chi connectivity index (χ4n) is 1.67. The van der Waals surface area contributed by atoms with Crippen LogP contribution in [0.25, 0.3) is 0 Å². The molecule has 0 saturated carbocycles. The largest absolute Gasteiger partial charge is 0.391 e. The highest BCUT2D eigenvalue weighted by atomic mass is 16.3. The zero-order valence-corrected chi connectivity index (χ0v) is 9.85. The maximum Gasteiger partial charge on any atom is 0.111 e. The summed E-state index contributed by atoms with van der Waals surface area (Å²) in [6.45, 7) is 3.79. The van der Waals surface area contributed by atoms with Crippen molar-refractivity contribution in [2.45, 2.75) is 32.4 Å². The molecule has 0 aliphatic rings. The second-order valence-electron chi connectivity index (χ2n) is 4.16. The molecule has 86 valence electrons. The topological polar surface area (TPSA) is 41.3 Å². The van der Waals surface area contributed by atoms with Crippen molar-refractivity contribution in [2.75, 3.05) is 20.6 Å². The van der Waals surface area contributed by atoms with Gasteiger partial charge in [-0.05, 0) is 20.5 Å². The summed E-state index contributed by atoms with van der Waals surface area (Å²) in [5, 5.41) is 9.79. The molecule has 0 radical (unpaired) electrons. The zero-order valence-electron chi connectivity index (χ0n) is 9.85. The van der Waals surface area contributed by atoms with Crippen molar-refractivity contribution < 1.29 is 5.11 Å². The van der Waals surface area contributed by atoms with Crippen LogP contribution in [-0.4, -0.2) is 46.3 Å². The maximum absolute atomic E-state index is 9.79. The van der Waals surface area contributed by atoms with Crippen LogP contribution in [0.4, 0.5) is 0 Å². The number of aryl methyl sites for hydroxylation is 1. The van der Waals surface area contributed by atoms with Gasteiger partial charge < -0.3 is 14.6 Å². The van der Waals surface area contributed by atoms with Crippen LogP contribution in [-0.2, 0) is 13.0 Å². The summed E-state index contributed by atoms with van der Waals surface area (Å²) >= 11 is 0. The van der Waals surface area contributed by atoms with E-state index >= 15 is 0 Å². The van der Waals surface area contributed by atoms with Gasteiger partial charge in [0.1, 0.15) is 5.82 Å². The highest BCUT2D eigenvalue weighted by Crippen LogP contribution is 2.03. The van der Waals surface area contributed by atoms with Crippen molar-refractivity contribution >= 4 is 0 Å². The number of aliphatic hydroxyl groups is 1. The molecule has 0 aliphatic carbocycles. The Hall–Kier alpha value is -0.870. The van der Waals surface area contributed by atoms with E-state index in [9.17, 15) is 5.11 Å². The van der Waals surface area contributed by atoms with Crippen molar-refractivity contribution in [1.82, 2.24) is 14.5 Å². The number of imidazole rings is 1. The van der Waals surface area contributed by atoms with Crippen LogP contribution in [0, 0.1) is 0 Å². The number of likely N-dealkylation sites (N-methyl/N-ethyl adjacent to an activating group) is 1. The third-order valence-electron chi connectivity index (χ3n) is 2.26. The van der Waals surface area contributed by atoms with Crippen molar-refractivity contribution in [3.8, 4) is 0 Å². The van der Waals surface area contributed by atoms with Crippen LogP contribution in [0.1, 0.15) is 19.2 Å². The van der Waals surface area contributed by atoms with Crippen LogP contribution in [0.2, 0.25) is 0 Å². The number of rotatable bonds is 6. The summed E-state index contributed by atoms with van der Waals surface area (Å²) in [7, 11) is 3.92. The lowest BCUT2D eigenvalue weighted by Gasteiger charge is -2.16. The summed E-state index contributed by atoms with van der Waals surface area (Å²) in [5.74, 6) is 0.978. The molecule has 1 heterocycles. The fraction of sp³-hybridized carbons (Fsp3) is 0.727. The van der Waals surface area contributed by atoms with Crippen molar-refractivity contribution in [3.05, 3.63) is 18.2 Å². The SMILES string of the molecule is CCCn1ccnc1CC(O)CN(C)C. The molecule has 4 nitrogen and oxygen atoms in total. The molecular weight excluding hydrogens is 190 g/mol. The van der Waals surface area contributed by atoms with Crippen LogP contribution in [0.15, 0.2) is 12.4 Å². The van der Waals surface area contributed by atoms with Gasteiger partial charge in [0.25, 0.3) is 0 Å². The fourth-order valence-corrected chi connectivity index (χ4v) is 1.67. The van der Waals surface area contributed by atoms with E-state index in [1.807, 2.05) is 25.2 Å². The molecule has 0 aliphatic heterocycles. The molecule has 0 fully saturated rings. The van der Waals surface area contributed by atoms with Gasteiger partial charge in [-0.1, -0.05) is 6.92 Å². The Labute approximate surface area is 91.5 Å². The molecule has 0 saturated heterocycles. The first kappa shape index (κ1) is 12.2. The Morgan fingerprint density at radius 2 is 2.27 bits per heavy atom. The average molecular weight is 211 g/mol. The second-order valence-corrected chi connectivity index (χ2v) is 4.16. The van der Waals surface area contributed by atoms with Gasteiger partial charge in [0.15, 0.2) is 0 Å². The molecule has 1 unspecified atom stereocenters. The van der Waals surface area contributed by atoms with E-state index in [1.54, 1.807) is 6.20 Å². The molecule has 1 rings (SSSR count). The van der Waals surface area contributed by atoms with Gasteiger partial charge in [-0.15, -0.1) is 0 Å². The Morgan fingerprint density at radius 1 is 1.53 bits per heavy atom. The normalized spacial score (nSPS) is 13.4. The minimum atomic E-state index is -0.335. The highest BCUT2D eigenvalue weighted by molar-refractivity contribution is 4.94. The lowest BCUT2D eigenvalue weighted by atomic mass is 10.2. The zero-order chi connectivity index (χ0) is 11.3. The molecule has 15 heavy (non-hydrogen) atoms. The molecule has 4 heteroatoms. The Morgan fingerprint density at radius 3 is 2.87 bits per heavy atom. The van der Waals surface area contributed by atoms with E-state index in [0.29, 0.717) is 13.0 Å². The van der Waals surface area contributed by atoms with Gasteiger partial charge in [-0.3, -0.25) is 0 Å². The van der Waals surface area contributed by atoms with Crippen LogP contribution >= 0.6 is 0 Å². The average Bonchev–Trinajstić information content (AvgIpc) is 2.52. The minimum absolute atomic E-state index is 0.335. The third-order valence-corrected chi connectivity index (χ3v) is 2.26. The van der Waals surface area contributed by atoms with Crippen LogP contribution in [0.3, 0.4) is 0 Å². The monoisotopic (exact) mass is 211 g/mol. The smallest absolute Gasteiger partial charge is 0.111 e. The minimum Gasteiger partial charge on any atom is -0.391 e. The van der Waals surface area contributed by atoms with E-state index in [4.69, 9.17) is 0 Å². The van der Waals surface area contributed by atoms with Gasteiger partial charge in [0.05, 0.1) is 6.10 Å². The predicted molar refractivity (Wildman–Crippen MR) is 60.8 cm³/mol. The van der Waals surface area contributed by atoms with Gasteiger partial charge in [0, 0.05) is 31.9 Å². The number of hydrogen-bond donors (Lipinski definition) is 1. The summed E-state index contributed by atoms with van der Waals surface area (Å²) < 4.78 is 2.11. The van der Waals surface area contributed by atoms with E-state index in [-0.39, 0.29) is 6.10 Å². The van der Waals surface area contributed by atoms with E-state index < -0.39 is 0 Å². The molecule has 1 aromatic rings. The lowest BCUT2D eigenvalue weighted by molar-refractivity contribution is 0.134. The molecule has 0 aromatic carbocycles. The molecule has 1 atom stereocenters. The Balaban J connectivity index is 2.51. The summed E-state index contributed by atoms with van der Waals surface area (Å²) in [6, 6.07) is 0. The predicted octanol–water partition coefficient (Wildman–Crippen LogP) is 0.758. The second kappa shape index (κ2) is 5.88. The van der Waals surface area contributed by atoms with Crippen molar-refractivity contribution in [2.24, 2.45) is 0 Å². The summed E-state index contributed by atoms with van der Waals surface area (Å²) in [6.07, 6.45) is 5.16. The van der Waals surface area contributed by atoms with Gasteiger partial charge in [-0.2, -0.15) is 0 Å². The quantitative estimate of drug-likeness (QED) is 0.755. The summed E-state index contributed by atoms with van der Waals surface area (Å²) in [5.41, 5.74) is 0. The van der Waals surface area contributed by atoms with Gasteiger partial charge in [-0.25, -0.2) is 4.98 Å². The Bertz CT molecular complexity index is 283. The van der Waals surface area contributed by atoms with E-state index in [1.165, 1.54) is 0 Å². The number of hydrogen-bond acceptors (Lipinski definition) is 3. The molecule has 1 aromatic heterocycles. The summed E-state index contributed by atoms with van der Waals surface area (Å²) in [4.78, 5) is 6.25. The first-order valence-electron chi connectivity index (χ1n) is 5.46. The van der Waals surface area contributed by atoms with E-state index in [2.05, 4.69) is 16.5 Å². The molecule has 0 amide bonds. The molecule has 0 bridgehead atoms. The van der Waals surface area contributed by atoms with Gasteiger partial charge >= 0.3 is 0 Å². The lowest BCUT2D eigenvalue weighted by Crippen LogP contribution is -2.28. The highest BCUT2D eigenvalue weighted by Gasteiger charge is 2.10. The molecule has 0 spiro atoms. The van der Waals surface area contributed by atoms with Crippen LogP contribution < -0.4 is 0 Å². The number of aromatic nitrogens is 2. The van der Waals surface area contributed by atoms with Crippen LogP contribution in [0.5, 0.6) is 0 Å². The van der Waals surface area contributed by atoms with Crippen molar-refractivity contribution in [3.63, 3.8) is 0 Å².